The van der Waals surface area contributed by atoms with Crippen molar-refractivity contribution in [2.24, 2.45) is 0 Å². The molecule has 2 N–H and O–H groups in total. The van der Waals surface area contributed by atoms with E-state index in [1.54, 1.807) is 6.92 Å². The van der Waals surface area contributed by atoms with Crippen LogP contribution in [0.2, 0.25) is 0 Å². The van der Waals surface area contributed by atoms with Gasteiger partial charge in [-0.1, -0.05) is 12.1 Å². The molecule has 6 nitrogen and oxygen atoms in total. The van der Waals surface area contributed by atoms with Crippen molar-refractivity contribution in [2.45, 2.75) is 19.6 Å². The number of hydrogen-bond donors (Lipinski definition) is 2. The van der Waals surface area contributed by atoms with Crippen molar-refractivity contribution >= 4 is 12.0 Å². The molecule has 1 aromatic rings. The average Bonchev–Trinajstić information content (AvgIpc) is 2.46. The third-order valence-electron chi connectivity index (χ3n) is 3.11. The molecule has 0 saturated carbocycles. The fraction of sp³-hybridized carbons (Fsp3) is 0.286. The molecular formula is C14H14F2N2O4. The van der Waals surface area contributed by atoms with Gasteiger partial charge >= 0.3 is 18.6 Å². The van der Waals surface area contributed by atoms with Crippen LogP contribution < -0.4 is 15.4 Å². The first-order valence-electron chi connectivity index (χ1n) is 6.33. The molecule has 1 aliphatic rings. The van der Waals surface area contributed by atoms with Crippen LogP contribution >= 0.6 is 0 Å². The van der Waals surface area contributed by atoms with Crippen molar-refractivity contribution in [3.63, 3.8) is 0 Å². The van der Waals surface area contributed by atoms with Crippen LogP contribution in [-0.4, -0.2) is 25.7 Å². The average molecular weight is 312 g/mol. The highest BCUT2D eigenvalue weighted by atomic mass is 19.3. The first kappa shape index (κ1) is 15.7. The van der Waals surface area contributed by atoms with Gasteiger partial charge in [-0.3, -0.25) is 0 Å². The molecule has 0 saturated heterocycles. The number of nitrogens with one attached hydrogen (secondary N) is 2. The summed E-state index contributed by atoms with van der Waals surface area (Å²) < 4.78 is 33.2. The number of alkyl halides is 2. The van der Waals surface area contributed by atoms with Gasteiger partial charge in [0, 0.05) is 5.70 Å². The maximum Gasteiger partial charge on any atom is 0.387 e. The lowest BCUT2D eigenvalue weighted by Crippen LogP contribution is -2.45. The number of hydrogen-bond acceptors (Lipinski definition) is 4. The van der Waals surface area contributed by atoms with Crippen LogP contribution in [-0.2, 0) is 9.53 Å². The monoisotopic (exact) mass is 312 g/mol. The quantitative estimate of drug-likeness (QED) is 0.835. The summed E-state index contributed by atoms with van der Waals surface area (Å²) in [6.45, 7) is -1.34. The first-order chi connectivity index (χ1) is 10.4. The Balaban J connectivity index is 2.33. The molecule has 1 aliphatic heterocycles. The Hall–Kier alpha value is -2.64. The Morgan fingerprint density at radius 3 is 2.45 bits per heavy atom. The summed E-state index contributed by atoms with van der Waals surface area (Å²) in [4.78, 5) is 23.5. The number of methoxy groups -OCH3 is 1. The minimum Gasteiger partial charge on any atom is -0.466 e. The second-order valence-electron chi connectivity index (χ2n) is 4.51. The van der Waals surface area contributed by atoms with Crippen molar-refractivity contribution in [2.75, 3.05) is 7.11 Å². The highest BCUT2D eigenvalue weighted by molar-refractivity contribution is 5.94. The number of halogens is 2. The smallest absolute Gasteiger partial charge is 0.387 e. The maximum absolute atomic E-state index is 12.1. The summed E-state index contributed by atoms with van der Waals surface area (Å²) in [5.74, 6) is -0.609. The van der Waals surface area contributed by atoms with Crippen molar-refractivity contribution < 1.29 is 27.8 Å². The first-order valence-corrected chi connectivity index (χ1v) is 6.33. The molecule has 0 bridgehead atoms. The van der Waals surface area contributed by atoms with E-state index in [1.165, 1.54) is 31.4 Å². The maximum atomic E-state index is 12.1. The van der Waals surface area contributed by atoms with Crippen LogP contribution in [0.4, 0.5) is 13.6 Å². The third-order valence-corrected chi connectivity index (χ3v) is 3.11. The molecule has 2 amide bonds. The molecule has 118 valence electrons. The fourth-order valence-electron chi connectivity index (χ4n) is 2.17. The SMILES string of the molecule is COC(=O)C1=C(C)NC(=O)N[C@H]1c1ccc(OC(F)F)cc1. The summed E-state index contributed by atoms with van der Waals surface area (Å²) >= 11 is 0. The van der Waals surface area contributed by atoms with E-state index in [2.05, 4.69) is 15.4 Å². The highest BCUT2D eigenvalue weighted by Crippen LogP contribution is 2.28. The van der Waals surface area contributed by atoms with E-state index in [9.17, 15) is 18.4 Å². The van der Waals surface area contributed by atoms with E-state index in [4.69, 9.17) is 4.74 Å². The van der Waals surface area contributed by atoms with Gasteiger partial charge in [-0.25, -0.2) is 9.59 Å². The molecule has 0 unspecified atom stereocenters. The zero-order chi connectivity index (χ0) is 16.3. The number of urea groups is 1. The highest BCUT2D eigenvalue weighted by Gasteiger charge is 2.31. The molecule has 0 radical (unpaired) electrons. The molecule has 0 spiro atoms. The predicted octanol–water partition coefficient (Wildman–Crippen LogP) is 2.09. The number of esters is 1. The normalized spacial score (nSPS) is 17.9. The molecular weight excluding hydrogens is 298 g/mol. The Bertz CT molecular complexity index is 614. The Labute approximate surface area is 125 Å². The Kier molecular flexibility index (Phi) is 4.59. The standard InChI is InChI=1S/C14H14F2N2O4/c1-7-10(12(19)21-2)11(18-14(20)17-7)8-3-5-9(6-4-8)22-13(15)16/h3-6,11,13H,1-2H3,(H2,17,18,20)/t11-/m0/s1. The van der Waals surface area contributed by atoms with Crippen LogP contribution in [0.5, 0.6) is 5.75 Å². The van der Waals surface area contributed by atoms with Crippen LogP contribution in [0.3, 0.4) is 0 Å². The molecule has 0 aliphatic carbocycles. The minimum absolute atomic E-state index is 0.0145. The molecule has 1 heterocycles. The van der Waals surface area contributed by atoms with E-state index in [-0.39, 0.29) is 11.3 Å². The van der Waals surface area contributed by atoms with Gasteiger partial charge in [-0.15, -0.1) is 0 Å². The van der Waals surface area contributed by atoms with Crippen molar-refractivity contribution in [3.05, 3.63) is 41.1 Å². The molecule has 2 rings (SSSR count). The lowest BCUT2D eigenvalue weighted by atomic mass is 9.95. The molecule has 0 fully saturated rings. The van der Waals surface area contributed by atoms with Gasteiger partial charge in [0.25, 0.3) is 0 Å². The second-order valence-corrected chi connectivity index (χ2v) is 4.51. The Morgan fingerprint density at radius 1 is 1.27 bits per heavy atom. The van der Waals surface area contributed by atoms with Crippen LogP contribution in [0, 0.1) is 0 Å². The second kappa shape index (κ2) is 6.42. The lowest BCUT2D eigenvalue weighted by Gasteiger charge is -2.27. The van der Waals surface area contributed by atoms with E-state index >= 15 is 0 Å². The van der Waals surface area contributed by atoms with E-state index < -0.39 is 24.7 Å². The van der Waals surface area contributed by atoms with Crippen LogP contribution in [0.1, 0.15) is 18.5 Å². The number of carbonyl (C=O) groups is 2. The number of amides is 2. The number of benzene rings is 1. The number of allylic oxidation sites excluding steroid dienone is 1. The summed E-state index contributed by atoms with van der Waals surface area (Å²) in [5, 5.41) is 5.08. The third kappa shape index (κ3) is 3.33. The fourth-order valence-corrected chi connectivity index (χ4v) is 2.17. The van der Waals surface area contributed by atoms with Gasteiger partial charge in [0.05, 0.1) is 18.7 Å². The summed E-state index contributed by atoms with van der Waals surface area (Å²) in [6.07, 6.45) is 0. The van der Waals surface area contributed by atoms with Crippen LogP contribution in [0.25, 0.3) is 0 Å². The van der Waals surface area contributed by atoms with Gasteiger partial charge in [-0.05, 0) is 24.6 Å². The van der Waals surface area contributed by atoms with Gasteiger partial charge in [0.1, 0.15) is 5.75 Å². The van der Waals surface area contributed by atoms with E-state index in [0.29, 0.717) is 11.3 Å². The van der Waals surface area contributed by atoms with Crippen LogP contribution in [0.15, 0.2) is 35.5 Å². The van der Waals surface area contributed by atoms with Gasteiger partial charge in [0.15, 0.2) is 0 Å². The minimum atomic E-state index is -2.92. The van der Waals surface area contributed by atoms with Crippen molar-refractivity contribution in [1.82, 2.24) is 10.6 Å². The summed E-state index contributed by atoms with van der Waals surface area (Å²) in [7, 11) is 1.23. The van der Waals surface area contributed by atoms with Gasteiger partial charge < -0.3 is 20.1 Å². The Morgan fingerprint density at radius 2 is 1.91 bits per heavy atom. The molecule has 22 heavy (non-hydrogen) atoms. The predicted molar refractivity (Wildman–Crippen MR) is 72.2 cm³/mol. The van der Waals surface area contributed by atoms with E-state index in [1.807, 2.05) is 0 Å². The summed E-state index contributed by atoms with van der Waals surface area (Å²) in [6, 6.07) is 4.44. The lowest BCUT2D eigenvalue weighted by molar-refractivity contribution is -0.136. The number of rotatable bonds is 4. The number of ether oxygens (including phenoxy) is 2. The largest absolute Gasteiger partial charge is 0.466 e. The zero-order valence-corrected chi connectivity index (χ0v) is 11.9. The van der Waals surface area contributed by atoms with E-state index in [0.717, 1.165) is 0 Å². The molecule has 1 aromatic carbocycles. The van der Waals surface area contributed by atoms with Gasteiger partial charge in [0.2, 0.25) is 0 Å². The van der Waals surface area contributed by atoms with Crippen molar-refractivity contribution in [1.29, 1.82) is 0 Å². The van der Waals surface area contributed by atoms with Gasteiger partial charge in [-0.2, -0.15) is 8.78 Å². The van der Waals surface area contributed by atoms with Crippen molar-refractivity contribution in [3.8, 4) is 5.75 Å². The molecule has 0 aromatic heterocycles. The molecule has 8 heteroatoms. The number of carbonyl (C=O) groups excluding carboxylic acids is 2. The topological polar surface area (TPSA) is 76.7 Å². The zero-order valence-electron chi connectivity index (χ0n) is 11.9. The molecule has 1 atom stereocenters. The summed E-state index contributed by atoms with van der Waals surface area (Å²) in [5.41, 5.74) is 1.15.